The van der Waals surface area contributed by atoms with E-state index in [4.69, 9.17) is 0 Å². The first-order chi connectivity index (χ1) is 13.1. The third-order valence-electron chi connectivity index (χ3n) is 5.62. The molecule has 27 heavy (non-hydrogen) atoms. The summed E-state index contributed by atoms with van der Waals surface area (Å²) in [5.74, 6) is -0.666. The Labute approximate surface area is 157 Å². The van der Waals surface area contributed by atoms with Crippen molar-refractivity contribution in [2.75, 3.05) is 0 Å². The number of hydrogen-bond donors (Lipinski definition) is 0. The number of halogens is 3. The highest BCUT2D eigenvalue weighted by atomic mass is 19.1. The molecule has 1 aliphatic carbocycles. The molecule has 0 fully saturated rings. The van der Waals surface area contributed by atoms with Crippen molar-refractivity contribution < 1.29 is 13.2 Å². The molecule has 0 aromatic heterocycles. The van der Waals surface area contributed by atoms with Crippen molar-refractivity contribution in [2.45, 2.75) is 38.5 Å². The molecule has 0 saturated heterocycles. The van der Waals surface area contributed by atoms with Crippen LogP contribution in [0.2, 0.25) is 0 Å². The van der Waals surface area contributed by atoms with Gasteiger partial charge in [0, 0.05) is 5.56 Å². The quantitative estimate of drug-likeness (QED) is 0.489. The minimum atomic E-state index is -0.337. The summed E-state index contributed by atoms with van der Waals surface area (Å²) in [6.07, 6.45) is 2.75. The number of aryl methyl sites for hydroxylation is 1. The molecule has 3 aromatic carbocycles. The van der Waals surface area contributed by atoms with Gasteiger partial charge < -0.3 is 0 Å². The van der Waals surface area contributed by atoms with Crippen molar-refractivity contribution >= 4 is 0 Å². The summed E-state index contributed by atoms with van der Waals surface area (Å²) < 4.78 is 42.7. The zero-order valence-electron chi connectivity index (χ0n) is 15.2. The van der Waals surface area contributed by atoms with Crippen LogP contribution in [0.15, 0.2) is 54.6 Å². The fourth-order valence-corrected chi connectivity index (χ4v) is 4.05. The fourth-order valence-electron chi connectivity index (χ4n) is 4.05. The molecule has 0 nitrogen and oxygen atoms in total. The van der Waals surface area contributed by atoms with E-state index >= 15 is 4.39 Å². The predicted octanol–water partition coefficient (Wildman–Crippen LogP) is 6.61. The van der Waals surface area contributed by atoms with Crippen LogP contribution in [-0.2, 0) is 19.3 Å². The molecule has 1 atom stereocenters. The van der Waals surface area contributed by atoms with Crippen LogP contribution in [0.5, 0.6) is 0 Å². The zero-order chi connectivity index (χ0) is 19.0. The molecule has 0 amide bonds. The lowest BCUT2D eigenvalue weighted by Gasteiger charge is -2.26. The van der Waals surface area contributed by atoms with Crippen molar-refractivity contribution in [3.05, 3.63) is 94.3 Å². The van der Waals surface area contributed by atoms with Crippen molar-refractivity contribution in [1.29, 1.82) is 0 Å². The molecule has 3 aromatic rings. The van der Waals surface area contributed by atoms with Crippen molar-refractivity contribution in [2.24, 2.45) is 0 Å². The van der Waals surface area contributed by atoms with Crippen LogP contribution in [0.3, 0.4) is 0 Å². The highest BCUT2D eigenvalue weighted by Gasteiger charge is 2.26. The SMILES string of the molecule is CCc1ccc(C2CCc3c(ccc(-c4ccc(F)cc4)c3F)C2)c(F)c1. The molecule has 0 bridgehead atoms. The molecule has 3 heteroatoms. The van der Waals surface area contributed by atoms with Crippen LogP contribution >= 0.6 is 0 Å². The van der Waals surface area contributed by atoms with Gasteiger partial charge in [-0.2, -0.15) is 0 Å². The number of hydrogen-bond acceptors (Lipinski definition) is 0. The lowest BCUT2D eigenvalue weighted by atomic mass is 9.78. The van der Waals surface area contributed by atoms with Crippen molar-refractivity contribution in [3.63, 3.8) is 0 Å². The molecular weight excluding hydrogens is 345 g/mol. The van der Waals surface area contributed by atoms with Crippen LogP contribution in [0.4, 0.5) is 13.2 Å². The highest BCUT2D eigenvalue weighted by Crippen LogP contribution is 2.37. The Morgan fingerprint density at radius 3 is 2.41 bits per heavy atom. The summed E-state index contributed by atoms with van der Waals surface area (Å²) in [5, 5.41) is 0. The number of rotatable bonds is 3. The van der Waals surface area contributed by atoms with Gasteiger partial charge in [-0.1, -0.05) is 43.3 Å². The van der Waals surface area contributed by atoms with E-state index in [1.54, 1.807) is 24.3 Å². The monoisotopic (exact) mass is 366 g/mol. The van der Waals surface area contributed by atoms with Crippen molar-refractivity contribution in [1.82, 2.24) is 0 Å². The Balaban J connectivity index is 1.64. The maximum atomic E-state index is 15.1. The molecule has 0 N–H and O–H groups in total. The first-order valence-electron chi connectivity index (χ1n) is 9.41. The van der Waals surface area contributed by atoms with Gasteiger partial charge in [0.1, 0.15) is 17.5 Å². The van der Waals surface area contributed by atoms with Gasteiger partial charge >= 0.3 is 0 Å². The maximum absolute atomic E-state index is 15.1. The Morgan fingerprint density at radius 1 is 0.926 bits per heavy atom. The van der Waals surface area contributed by atoms with E-state index in [0.717, 1.165) is 29.5 Å². The summed E-state index contributed by atoms with van der Waals surface area (Å²) in [6, 6.07) is 15.0. The smallest absolute Gasteiger partial charge is 0.134 e. The molecule has 0 saturated carbocycles. The van der Waals surface area contributed by atoms with E-state index in [1.165, 1.54) is 12.1 Å². The van der Waals surface area contributed by atoms with Gasteiger partial charge in [-0.25, -0.2) is 13.2 Å². The lowest BCUT2D eigenvalue weighted by molar-refractivity contribution is 0.515. The first kappa shape index (κ1) is 17.8. The van der Waals surface area contributed by atoms with E-state index in [9.17, 15) is 8.78 Å². The standard InChI is InChI=1S/C24H21F3/c1-2-15-3-10-20(23(26)13-15)17-6-12-22-18(14-17)7-11-21(24(22)27)16-4-8-19(25)9-5-16/h3-5,7-11,13,17H,2,6,12,14H2,1H3. The minimum Gasteiger partial charge on any atom is -0.207 e. The van der Waals surface area contributed by atoms with Gasteiger partial charge in [-0.15, -0.1) is 0 Å². The van der Waals surface area contributed by atoms with E-state index < -0.39 is 0 Å². The van der Waals surface area contributed by atoms with E-state index in [-0.39, 0.29) is 23.4 Å². The molecule has 0 spiro atoms. The van der Waals surface area contributed by atoms with Gasteiger partial charge in [-0.05, 0) is 77.6 Å². The summed E-state index contributed by atoms with van der Waals surface area (Å²) in [6.45, 7) is 2.01. The Hall–Kier alpha value is -2.55. The van der Waals surface area contributed by atoms with Crippen LogP contribution < -0.4 is 0 Å². The van der Waals surface area contributed by atoms with Gasteiger partial charge in [-0.3, -0.25) is 0 Å². The molecule has 138 valence electrons. The molecule has 0 radical (unpaired) electrons. The molecular formula is C24H21F3. The highest BCUT2D eigenvalue weighted by molar-refractivity contribution is 5.66. The minimum absolute atomic E-state index is 0.0690. The largest absolute Gasteiger partial charge is 0.207 e. The second kappa shape index (κ2) is 7.22. The van der Waals surface area contributed by atoms with E-state index in [2.05, 4.69) is 0 Å². The van der Waals surface area contributed by atoms with Gasteiger partial charge in [0.2, 0.25) is 0 Å². The molecule has 1 unspecified atom stereocenters. The first-order valence-corrected chi connectivity index (χ1v) is 9.41. The average Bonchev–Trinajstić information content (AvgIpc) is 2.69. The van der Waals surface area contributed by atoms with Crippen LogP contribution in [-0.4, -0.2) is 0 Å². The normalized spacial score (nSPS) is 16.2. The van der Waals surface area contributed by atoms with Crippen LogP contribution in [0.1, 0.15) is 41.5 Å². The van der Waals surface area contributed by atoms with Crippen molar-refractivity contribution in [3.8, 4) is 11.1 Å². The predicted molar refractivity (Wildman–Crippen MR) is 102 cm³/mol. The summed E-state index contributed by atoms with van der Waals surface area (Å²) in [7, 11) is 0. The third kappa shape index (κ3) is 3.39. The summed E-state index contributed by atoms with van der Waals surface area (Å²) >= 11 is 0. The third-order valence-corrected chi connectivity index (χ3v) is 5.62. The maximum Gasteiger partial charge on any atom is 0.134 e. The fraction of sp³-hybridized carbons (Fsp3) is 0.250. The summed E-state index contributed by atoms with van der Waals surface area (Å²) in [5.41, 5.74) is 4.52. The molecule has 1 aliphatic rings. The summed E-state index contributed by atoms with van der Waals surface area (Å²) in [4.78, 5) is 0. The van der Waals surface area contributed by atoms with Gasteiger partial charge in [0.05, 0.1) is 0 Å². The second-order valence-electron chi connectivity index (χ2n) is 7.22. The number of fused-ring (bicyclic) bond motifs is 1. The Morgan fingerprint density at radius 2 is 1.70 bits per heavy atom. The molecule has 0 heterocycles. The lowest BCUT2D eigenvalue weighted by Crippen LogP contribution is -2.16. The van der Waals surface area contributed by atoms with Gasteiger partial charge in [0.25, 0.3) is 0 Å². The van der Waals surface area contributed by atoms with Crippen LogP contribution in [0, 0.1) is 17.5 Å². The average molecular weight is 366 g/mol. The van der Waals surface area contributed by atoms with Gasteiger partial charge in [0.15, 0.2) is 0 Å². The zero-order valence-corrected chi connectivity index (χ0v) is 15.2. The Bertz CT molecular complexity index is 974. The molecule has 0 aliphatic heterocycles. The molecule has 4 rings (SSSR count). The van der Waals surface area contributed by atoms with E-state index in [1.807, 2.05) is 25.1 Å². The second-order valence-corrected chi connectivity index (χ2v) is 7.22. The topological polar surface area (TPSA) is 0 Å². The van der Waals surface area contributed by atoms with E-state index in [0.29, 0.717) is 29.5 Å². The van der Waals surface area contributed by atoms with Crippen LogP contribution in [0.25, 0.3) is 11.1 Å². The Kier molecular flexibility index (Phi) is 4.77. The number of benzene rings is 3.